The molecule has 3 aromatic rings. The molecule has 2 aromatic heterocycles. The van der Waals surface area contributed by atoms with Crippen LogP contribution in [0.5, 0.6) is 5.75 Å². The Morgan fingerprint density at radius 1 is 1.28 bits per heavy atom. The van der Waals surface area contributed by atoms with Crippen LogP contribution in [-0.4, -0.2) is 45.5 Å². The minimum absolute atomic E-state index is 0.262. The number of ether oxygens (including phenoxy) is 1. The van der Waals surface area contributed by atoms with Crippen molar-refractivity contribution < 1.29 is 4.74 Å². The van der Waals surface area contributed by atoms with Crippen molar-refractivity contribution in [2.45, 2.75) is 37.6 Å². The number of fused-ring (bicyclic) bond motifs is 3. The second-order valence-corrected chi connectivity index (χ2v) is 7.45. The van der Waals surface area contributed by atoms with Crippen LogP contribution in [0.3, 0.4) is 0 Å². The molecular weight excluding hydrogens is 314 g/mol. The van der Waals surface area contributed by atoms with Crippen LogP contribution in [0.4, 0.5) is 0 Å². The summed E-state index contributed by atoms with van der Waals surface area (Å²) in [5.74, 6) is 0.878. The van der Waals surface area contributed by atoms with Crippen LogP contribution in [0.15, 0.2) is 24.4 Å². The Morgan fingerprint density at radius 3 is 3.16 bits per heavy atom. The number of nitrogens with zero attached hydrogens (tertiary/aromatic N) is 3. The molecule has 1 aliphatic heterocycles. The molecule has 1 saturated heterocycles. The molecule has 5 rings (SSSR count). The Bertz CT molecular complexity index is 914. The van der Waals surface area contributed by atoms with Gasteiger partial charge in [-0.25, -0.2) is 0 Å². The number of methoxy groups -OCH3 is 1. The quantitative estimate of drug-likeness (QED) is 0.771. The van der Waals surface area contributed by atoms with Gasteiger partial charge in [-0.15, -0.1) is 0 Å². The second-order valence-electron chi connectivity index (χ2n) is 7.45. The molecule has 1 aromatic carbocycles. The minimum Gasteiger partial charge on any atom is -0.497 e. The van der Waals surface area contributed by atoms with Crippen molar-refractivity contribution in [3.63, 3.8) is 0 Å². The van der Waals surface area contributed by atoms with Crippen LogP contribution in [0.2, 0.25) is 0 Å². The predicted molar refractivity (Wildman–Crippen MR) is 95.7 cm³/mol. The molecule has 0 saturated carbocycles. The van der Waals surface area contributed by atoms with Crippen molar-refractivity contribution in [1.82, 2.24) is 25.3 Å². The van der Waals surface area contributed by atoms with Gasteiger partial charge in [0, 0.05) is 29.6 Å². The minimum atomic E-state index is 0.262. The van der Waals surface area contributed by atoms with Gasteiger partial charge >= 0.3 is 0 Å². The van der Waals surface area contributed by atoms with E-state index >= 15 is 0 Å². The number of benzene rings is 1. The molecule has 0 radical (unpaired) electrons. The van der Waals surface area contributed by atoms with Crippen LogP contribution < -0.4 is 4.74 Å². The summed E-state index contributed by atoms with van der Waals surface area (Å²) in [6, 6.07) is 6.05. The fourth-order valence-electron chi connectivity index (χ4n) is 4.74. The molecule has 2 aliphatic rings. The number of aromatic nitrogens is 4. The van der Waals surface area contributed by atoms with Crippen molar-refractivity contribution in [3.05, 3.63) is 41.3 Å². The van der Waals surface area contributed by atoms with E-state index in [1.54, 1.807) is 7.11 Å². The fraction of sp³-hybridized carbons (Fsp3) is 0.474. The van der Waals surface area contributed by atoms with Crippen molar-refractivity contribution in [3.8, 4) is 5.75 Å². The molecule has 6 heteroatoms. The number of H-pyrrole nitrogens is 2. The van der Waals surface area contributed by atoms with Gasteiger partial charge in [-0.05, 0) is 56.0 Å². The topological polar surface area (TPSA) is 69.8 Å². The van der Waals surface area contributed by atoms with E-state index in [0.29, 0.717) is 0 Å². The highest BCUT2D eigenvalue weighted by molar-refractivity contribution is 5.82. The average Bonchev–Trinajstić information content (AvgIpc) is 3.33. The van der Waals surface area contributed by atoms with Gasteiger partial charge in [0.1, 0.15) is 5.75 Å². The normalized spacial score (nSPS) is 23.4. The van der Waals surface area contributed by atoms with E-state index in [0.717, 1.165) is 42.7 Å². The predicted octanol–water partition coefficient (Wildman–Crippen LogP) is 2.77. The van der Waals surface area contributed by atoms with Gasteiger partial charge < -0.3 is 4.74 Å². The number of hydrogen-bond donors (Lipinski definition) is 2. The zero-order chi connectivity index (χ0) is 16.9. The maximum Gasteiger partial charge on any atom is 0.119 e. The van der Waals surface area contributed by atoms with Crippen LogP contribution >= 0.6 is 0 Å². The summed E-state index contributed by atoms with van der Waals surface area (Å²) in [6.07, 6.45) is 6.90. The number of hydrogen-bond acceptors (Lipinski definition) is 4. The van der Waals surface area contributed by atoms with Gasteiger partial charge in [0.25, 0.3) is 0 Å². The Labute approximate surface area is 146 Å². The zero-order valence-electron chi connectivity index (χ0n) is 14.5. The standard InChI is InChI=1S/C19H23N5O/c1-25-14-3-4-16-15(9-14)17(22-21-16)11-24-8-2-6-19(12-24)7-5-13-10-20-23-18(13)19/h3-4,9-10H,2,5-8,11-12H2,1H3,(H,20,23)(H,21,22). The summed E-state index contributed by atoms with van der Waals surface area (Å²) in [7, 11) is 1.71. The molecule has 1 atom stereocenters. The van der Waals surface area contributed by atoms with Crippen molar-refractivity contribution in [2.75, 3.05) is 20.2 Å². The first-order valence-corrected chi connectivity index (χ1v) is 9.03. The van der Waals surface area contributed by atoms with E-state index in [1.165, 1.54) is 36.2 Å². The molecule has 1 aliphatic carbocycles. The molecule has 130 valence electrons. The van der Waals surface area contributed by atoms with E-state index in [-0.39, 0.29) is 5.41 Å². The van der Waals surface area contributed by atoms with Crippen molar-refractivity contribution in [2.24, 2.45) is 0 Å². The Morgan fingerprint density at radius 2 is 2.24 bits per heavy atom. The Hall–Kier alpha value is -2.34. The van der Waals surface area contributed by atoms with Gasteiger partial charge in [0.15, 0.2) is 0 Å². The lowest BCUT2D eigenvalue weighted by Gasteiger charge is -2.40. The van der Waals surface area contributed by atoms with E-state index in [9.17, 15) is 0 Å². The molecule has 1 fully saturated rings. The van der Waals surface area contributed by atoms with Gasteiger partial charge in [-0.2, -0.15) is 10.2 Å². The summed E-state index contributed by atoms with van der Waals surface area (Å²) in [6.45, 7) is 3.12. The van der Waals surface area contributed by atoms with E-state index in [2.05, 4.69) is 31.4 Å². The molecule has 1 unspecified atom stereocenters. The first-order chi connectivity index (χ1) is 12.3. The smallest absolute Gasteiger partial charge is 0.119 e. The summed E-state index contributed by atoms with van der Waals surface area (Å²) < 4.78 is 5.38. The maximum atomic E-state index is 5.38. The highest BCUT2D eigenvalue weighted by Gasteiger charge is 2.43. The third-order valence-electron chi connectivity index (χ3n) is 6.00. The largest absolute Gasteiger partial charge is 0.497 e. The van der Waals surface area contributed by atoms with Crippen LogP contribution in [0.1, 0.15) is 36.2 Å². The lowest BCUT2D eigenvalue weighted by molar-refractivity contribution is 0.135. The molecule has 6 nitrogen and oxygen atoms in total. The highest BCUT2D eigenvalue weighted by Crippen LogP contribution is 2.44. The molecule has 25 heavy (non-hydrogen) atoms. The summed E-state index contributed by atoms with van der Waals surface area (Å²) in [5, 5.41) is 16.4. The molecule has 2 N–H and O–H groups in total. The Balaban J connectivity index is 1.42. The van der Waals surface area contributed by atoms with Gasteiger partial charge in [0.2, 0.25) is 0 Å². The number of likely N-dealkylation sites (tertiary alicyclic amines) is 1. The molecule has 1 spiro atoms. The Kier molecular flexibility index (Phi) is 3.35. The second kappa shape index (κ2) is 5.59. The molecule has 0 amide bonds. The summed E-state index contributed by atoms with van der Waals surface area (Å²) in [5.41, 5.74) is 5.23. The number of piperidine rings is 1. The van der Waals surface area contributed by atoms with Crippen LogP contribution in [-0.2, 0) is 18.4 Å². The highest BCUT2D eigenvalue weighted by atomic mass is 16.5. The van der Waals surface area contributed by atoms with Gasteiger partial charge in [-0.1, -0.05) is 0 Å². The molecule has 3 heterocycles. The first-order valence-electron chi connectivity index (χ1n) is 9.03. The van der Waals surface area contributed by atoms with Crippen molar-refractivity contribution >= 4 is 10.9 Å². The lowest BCUT2D eigenvalue weighted by Crippen LogP contribution is -2.44. The lowest BCUT2D eigenvalue weighted by atomic mass is 9.77. The summed E-state index contributed by atoms with van der Waals surface area (Å²) >= 11 is 0. The average molecular weight is 337 g/mol. The first kappa shape index (κ1) is 15.0. The van der Waals surface area contributed by atoms with Crippen LogP contribution in [0.25, 0.3) is 10.9 Å². The third-order valence-corrected chi connectivity index (χ3v) is 6.00. The summed E-state index contributed by atoms with van der Waals surface area (Å²) in [4.78, 5) is 2.56. The maximum absolute atomic E-state index is 5.38. The van der Waals surface area contributed by atoms with Gasteiger partial charge in [0.05, 0.1) is 24.5 Å². The number of rotatable bonds is 3. The van der Waals surface area contributed by atoms with E-state index < -0.39 is 0 Å². The zero-order valence-corrected chi connectivity index (χ0v) is 14.5. The molecule has 0 bridgehead atoms. The monoisotopic (exact) mass is 337 g/mol. The third kappa shape index (κ3) is 2.35. The van der Waals surface area contributed by atoms with Gasteiger partial charge in [-0.3, -0.25) is 15.1 Å². The van der Waals surface area contributed by atoms with E-state index in [1.807, 2.05) is 18.3 Å². The number of aromatic amines is 2. The SMILES string of the molecule is COc1ccc2n[nH]c(CN3CCCC4(CCc5cn[nH]c54)C3)c2c1. The number of aryl methyl sites for hydroxylation is 1. The fourth-order valence-corrected chi connectivity index (χ4v) is 4.74. The van der Waals surface area contributed by atoms with Crippen LogP contribution in [0, 0.1) is 0 Å². The van der Waals surface area contributed by atoms with E-state index in [4.69, 9.17) is 4.74 Å². The van der Waals surface area contributed by atoms with Crippen molar-refractivity contribution in [1.29, 1.82) is 0 Å². The number of nitrogens with one attached hydrogen (secondary N) is 2. The molecular formula is C19H23N5O.